The van der Waals surface area contributed by atoms with Gasteiger partial charge in [0.25, 0.3) is 0 Å². The van der Waals surface area contributed by atoms with Crippen molar-refractivity contribution in [3.05, 3.63) is 54.6 Å². The van der Waals surface area contributed by atoms with Crippen LogP contribution in [0.5, 0.6) is 0 Å². The predicted molar refractivity (Wildman–Crippen MR) is 108 cm³/mol. The number of carboxylic acid groups (broad SMARTS) is 1. The first-order valence-electron chi connectivity index (χ1n) is 9.04. The van der Waals surface area contributed by atoms with Crippen LogP contribution in [0.4, 0.5) is 5.69 Å². The van der Waals surface area contributed by atoms with E-state index in [9.17, 15) is 19.5 Å². The van der Waals surface area contributed by atoms with E-state index in [1.165, 1.54) is 18.7 Å². The summed E-state index contributed by atoms with van der Waals surface area (Å²) in [5, 5.41) is 14.8. The van der Waals surface area contributed by atoms with Crippen LogP contribution in [0, 0.1) is 0 Å². The van der Waals surface area contributed by atoms with E-state index in [-0.39, 0.29) is 31.4 Å². The molecule has 148 valence electrons. The van der Waals surface area contributed by atoms with Crippen LogP contribution in [0.3, 0.4) is 0 Å². The summed E-state index contributed by atoms with van der Waals surface area (Å²) in [6.07, 6.45) is 0. The highest BCUT2D eigenvalue weighted by Crippen LogP contribution is 2.27. The zero-order chi connectivity index (χ0) is 20.5. The smallest absolute Gasteiger partial charge is 0.320 e. The molecular weight excluding hydrogens is 358 g/mol. The Kier molecular flexibility index (Phi) is 7.71. The summed E-state index contributed by atoms with van der Waals surface area (Å²) in [7, 11) is 0. The third-order valence-corrected chi connectivity index (χ3v) is 4.31. The Morgan fingerprint density at radius 1 is 1.04 bits per heavy atom. The molecule has 0 aliphatic carbocycles. The van der Waals surface area contributed by atoms with Crippen molar-refractivity contribution in [2.75, 3.05) is 25.0 Å². The largest absolute Gasteiger partial charge is 0.480 e. The van der Waals surface area contributed by atoms with Gasteiger partial charge in [0.2, 0.25) is 11.8 Å². The lowest BCUT2D eigenvalue weighted by Crippen LogP contribution is -2.46. The molecule has 2 aromatic carbocycles. The van der Waals surface area contributed by atoms with Gasteiger partial charge in [0.05, 0.1) is 6.54 Å². The molecule has 0 heterocycles. The van der Waals surface area contributed by atoms with E-state index in [0.29, 0.717) is 5.69 Å². The highest BCUT2D eigenvalue weighted by atomic mass is 16.4. The number of amides is 2. The summed E-state index contributed by atoms with van der Waals surface area (Å²) in [6.45, 7) is 3.32. The van der Waals surface area contributed by atoms with Crippen LogP contribution in [0.2, 0.25) is 0 Å². The van der Waals surface area contributed by atoms with Gasteiger partial charge in [-0.25, -0.2) is 0 Å². The summed E-state index contributed by atoms with van der Waals surface area (Å²) >= 11 is 0. The summed E-state index contributed by atoms with van der Waals surface area (Å²) < 4.78 is 0. The van der Waals surface area contributed by atoms with Crippen LogP contribution in [0.1, 0.15) is 13.8 Å². The molecule has 1 unspecified atom stereocenters. The van der Waals surface area contributed by atoms with E-state index in [0.717, 1.165) is 11.1 Å². The molecule has 0 aliphatic heterocycles. The normalized spacial score (nSPS) is 11.7. The molecule has 0 aromatic heterocycles. The Morgan fingerprint density at radius 3 is 2.32 bits per heavy atom. The van der Waals surface area contributed by atoms with Gasteiger partial charge in [0.1, 0.15) is 6.04 Å². The molecule has 0 radical (unpaired) electrons. The minimum atomic E-state index is -1.03. The number of aliphatic carboxylic acids is 1. The second kappa shape index (κ2) is 10.2. The maximum absolute atomic E-state index is 12.6. The minimum absolute atomic E-state index is 0.101. The number of carbonyl (C=O) groups excluding carboxylic acids is 2. The van der Waals surface area contributed by atoms with Crippen LogP contribution in [0.25, 0.3) is 11.1 Å². The monoisotopic (exact) mass is 383 g/mol. The molecule has 3 N–H and O–H groups in total. The van der Waals surface area contributed by atoms with Crippen molar-refractivity contribution in [1.29, 1.82) is 0 Å². The van der Waals surface area contributed by atoms with Crippen LogP contribution >= 0.6 is 0 Å². The van der Waals surface area contributed by atoms with Crippen molar-refractivity contribution in [3.63, 3.8) is 0 Å². The molecule has 0 saturated carbocycles. The Balaban J connectivity index is 2.10. The van der Waals surface area contributed by atoms with Crippen molar-refractivity contribution < 1.29 is 19.5 Å². The van der Waals surface area contributed by atoms with E-state index in [1.54, 1.807) is 0 Å². The lowest BCUT2D eigenvalue weighted by molar-refractivity contribution is -0.142. The first kappa shape index (κ1) is 21.1. The number of para-hydroxylation sites is 1. The fourth-order valence-corrected chi connectivity index (χ4v) is 2.78. The molecule has 28 heavy (non-hydrogen) atoms. The lowest BCUT2D eigenvalue weighted by Gasteiger charge is -2.25. The van der Waals surface area contributed by atoms with Gasteiger partial charge in [-0.1, -0.05) is 48.5 Å². The molecule has 2 aromatic rings. The van der Waals surface area contributed by atoms with Crippen molar-refractivity contribution in [1.82, 2.24) is 10.2 Å². The molecule has 7 heteroatoms. The molecule has 0 saturated heterocycles. The van der Waals surface area contributed by atoms with E-state index in [4.69, 9.17) is 0 Å². The average molecular weight is 383 g/mol. The number of benzene rings is 2. The Morgan fingerprint density at radius 2 is 1.68 bits per heavy atom. The molecule has 2 rings (SSSR count). The summed E-state index contributed by atoms with van der Waals surface area (Å²) in [5.74, 6) is -1.55. The molecular formula is C21H25N3O4. The Hall–Kier alpha value is -3.19. The number of anilines is 1. The van der Waals surface area contributed by atoms with Crippen LogP contribution in [0.15, 0.2) is 54.6 Å². The van der Waals surface area contributed by atoms with Gasteiger partial charge in [-0.2, -0.15) is 0 Å². The molecule has 0 fully saturated rings. The zero-order valence-corrected chi connectivity index (χ0v) is 16.0. The summed E-state index contributed by atoms with van der Waals surface area (Å²) in [6, 6.07) is 16.3. The maximum atomic E-state index is 12.6. The van der Waals surface area contributed by atoms with Crippen molar-refractivity contribution in [2.45, 2.75) is 19.9 Å². The average Bonchev–Trinajstić information content (AvgIpc) is 2.67. The Labute approximate surface area is 164 Å². The number of hydrogen-bond donors (Lipinski definition) is 3. The quantitative estimate of drug-likeness (QED) is 0.617. The van der Waals surface area contributed by atoms with E-state index >= 15 is 0 Å². The zero-order valence-electron chi connectivity index (χ0n) is 16.0. The minimum Gasteiger partial charge on any atom is -0.480 e. The molecule has 0 spiro atoms. The number of hydrogen-bond acceptors (Lipinski definition) is 4. The molecule has 2 amide bonds. The third kappa shape index (κ3) is 6.21. The molecule has 7 nitrogen and oxygen atoms in total. The van der Waals surface area contributed by atoms with Gasteiger partial charge in [-0.15, -0.1) is 0 Å². The van der Waals surface area contributed by atoms with Gasteiger partial charge in [-0.05, 0) is 18.6 Å². The first-order chi connectivity index (χ1) is 13.4. The van der Waals surface area contributed by atoms with Gasteiger partial charge < -0.3 is 15.7 Å². The lowest BCUT2D eigenvalue weighted by atomic mass is 10.0. The number of nitrogens with one attached hydrogen (secondary N) is 2. The SMILES string of the molecule is CC(=O)NCCN(CC(=O)Nc1ccccc1-c1ccccc1)C(C)C(=O)O. The van der Waals surface area contributed by atoms with Gasteiger partial charge in [0, 0.05) is 31.3 Å². The fraction of sp³-hybridized carbons (Fsp3) is 0.286. The standard InChI is InChI=1S/C21H25N3O4/c1-15(21(27)28)24(13-12-22-16(2)25)14-20(26)23-19-11-7-6-10-18(19)17-8-4-3-5-9-17/h3-11,15H,12-14H2,1-2H3,(H,22,25)(H,23,26)(H,27,28). The van der Waals surface area contributed by atoms with Gasteiger partial charge in [-0.3, -0.25) is 19.3 Å². The number of rotatable bonds is 9. The predicted octanol–water partition coefficient (Wildman–Crippen LogP) is 2.20. The van der Waals surface area contributed by atoms with E-state index in [1.807, 2.05) is 54.6 Å². The molecule has 0 bridgehead atoms. The summed E-state index contributed by atoms with van der Waals surface area (Å²) in [5.41, 5.74) is 2.51. The van der Waals surface area contributed by atoms with Crippen molar-refractivity contribution in [3.8, 4) is 11.1 Å². The van der Waals surface area contributed by atoms with Gasteiger partial charge >= 0.3 is 5.97 Å². The Bertz CT molecular complexity index is 823. The first-order valence-corrected chi connectivity index (χ1v) is 9.04. The number of carboxylic acids is 1. The van der Waals surface area contributed by atoms with Crippen LogP contribution in [-0.2, 0) is 14.4 Å². The van der Waals surface area contributed by atoms with Crippen molar-refractivity contribution in [2.24, 2.45) is 0 Å². The van der Waals surface area contributed by atoms with Crippen LogP contribution in [-0.4, -0.2) is 53.5 Å². The fourth-order valence-electron chi connectivity index (χ4n) is 2.78. The molecule has 0 aliphatic rings. The van der Waals surface area contributed by atoms with E-state index in [2.05, 4.69) is 10.6 Å². The maximum Gasteiger partial charge on any atom is 0.320 e. The summed E-state index contributed by atoms with van der Waals surface area (Å²) in [4.78, 5) is 36.5. The topological polar surface area (TPSA) is 98.7 Å². The van der Waals surface area contributed by atoms with Crippen LogP contribution < -0.4 is 10.6 Å². The molecule has 1 atom stereocenters. The number of carbonyl (C=O) groups is 3. The second-order valence-corrected chi connectivity index (χ2v) is 6.43. The second-order valence-electron chi connectivity index (χ2n) is 6.43. The van der Waals surface area contributed by atoms with Gasteiger partial charge in [0.15, 0.2) is 0 Å². The van der Waals surface area contributed by atoms with Crippen molar-refractivity contribution >= 4 is 23.5 Å². The highest BCUT2D eigenvalue weighted by Gasteiger charge is 2.23. The third-order valence-electron chi connectivity index (χ3n) is 4.31. The highest BCUT2D eigenvalue weighted by molar-refractivity contribution is 5.96. The number of nitrogens with zero attached hydrogens (tertiary/aromatic N) is 1. The van der Waals surface area contributed by atoms with E-state index < -0.39 is 12.0 Å².